The van der Waals surface area contributed by atoms with Crippen LogP contribution in [0.5, 0.6) is 0 Å². The smallest absolute Gasteiger partial charge is 0.140 e. The maximum Gasteiger partial charge on any atom is 0.140 e. The first kappa shape index (κ1) is 10.6. The van der Waals surface area contributed by atoms with Gasteiger partial charge in [0.25, 0.3) is 0 Å². The Kier molecular flexibility index (Phi) is 2.72. The molecule has 2 heterocycles. The molecule has 1 saturated carbocycles. The number of fused-ring (bicyclic) bond motifs is 1. The lowest BCUT2D eigenvalue weighted by molar-refractivity contribution is 0.342. The normalized spacial score (nSPS) is 27.6. The summed E-state index contributed by atoms with van der Waals surface area (Å²) in [5.41, 5.74) is 1.70. The Morgan fingerprint density at radius 1 is 1.24 bits per heavy atom. The second kappa shape index (κ2) is 4.37. The maximum absolute atomic E-state index is 8.76. The number of hydrogen-bond donors (Lipinski definition) is 0. The molecule has 2 fully saturated rings. The van der Waals surface area contributed by atoms with Gasteiger partial charge in [-0.25, -0.2) is 4.98 Å². The first-order valence-electron chi connectivity index (χ1n) is 6.51. The SMILES string of the molecule is N#Cc1ccc(N2CC[C@H]3CCCC[C@@H]32)cn1. The molecular weight excluding hydrogens is 210 g/mol. The highest BCUT2D eigenvalue weighted by molar-refractivity contribution is 5.48. The third-order valence-corrected chi connectivity index (χ3v) is 4.20. The number of nitriles is 1. The lowest BCUT2D eigenvalue weighted by Gasteiger charge is -2.32. The van der Waals surface area contributed by atoms with Crippen LogP contribution < -0.4 is 4.90 Å². The summed E-state index contributed by atoms with van der Waals surface area (Å²) in [6.07, 6.45) is 8.66. The highest BCUT2D eigenvalue weighted by Crippen LogP contribution is 2.38. The zero-order chi connectivity index (χ0) is 11.7. The number of pyridine rings is 1. The van der Waals surface area contributed by atoms with Crippen molar-refractivity contribution < 1.29 is 0 Å². The van der Waals surface area contributed by atoms with Gasteiger partial charge in [0, 0.05) is 12.6 Å². The van der Waals surface area contributed by atoms with Gasteiger partial charge in [-0.3, -0.25) is 0 Å². The summed E-state index contributed by atoms with van der Waals surface area (Å²) in [6.45, 7) is 1.16. The maximum atomic E-state index is 8.76. The van der Waals surface area contributed by atoms with Crippen LogP contribution in [0.1, 0.15) is 37.8 Å². The van der Waals surface area contributed by atoms with Crippen LogP contribution in [-0.2, 0) is 0 Å². The summed E-state index contributed by atoms with van der Waals surface area (Å²) in [5.74, 6) is 0.888. The summed E-state index contributed by atoms with van der Waals surface area (Å²) in [7, 11) is 0. The van der Waals surface area contributed by atoms with Crippen LogP contribution in [0, 0.1) is 17.2 Å². The van der Waals surface area contributed by atoms with E-state index in [-0.39, 0.29) is 0 Å². The molecule has 1 aromatic heterocycles. The van der Waals surface area contributed by atoms with Gasteiger partial charge < -0.3 is 4.90 Å². The lowest BCUT2D eigenvalue weighted by atomic mass is 9.85. The van der Waals surface area contributed by atoms with Gasteiger partial charge in [0.05, 0.1) is 11.9 Å². The van der Waals surface area contributed by atoms with Crippen LogP contribution in [-0.4, -0.2) is 17.6 Å². The largest absolute Gasteiger partial charge is 0.367 e. The van der Waals surface area contributed by atoms with E-state index >= 15 is 0 Å². The monoisotopic (exact) mass is 227 g/mol. The summed E-state index contributed by atoms with van der Waals surface area (Å²) in [4.78, 5) is 6.67. The van der Waals surface area contributed by atoms with E-state index in [4.69, 9.17) is 5.26 Å². The summed E-state index contributed by atoms with van der Waals surface area (Å²) in [5, 5.41) is 8.76. The van der Waals surface area contributed by atoms with Gasteiger partial charge in [0.1, 0.15) is 11.8 Å². The van der Waals surface area contributed by atoms with Crippen molar-refractivity contribution in [2.24, 2.45) is 5.92 Å². The molecule has 1 aliphatic carbocycles. The Morgan fingerprint density at radius 2 is 2.12 bits per heavy atom. The quantitative estimate of drug-likeness (QED) is 0.740. The Morgan fingerprint density at radius 3 is 2.88 bits per heavy atom. The molecule has 3 rings (SSSR count). The molecule has 0 aromatic carbocycles. The second-order valence-electron chi connectivity index (χ2n) is 5.11. The van der Waals surface area contributed by atoms with Gasteiger partial charge in [-0.2, -0.15) is 5.26 Å². The predicted molar refractivity (Wildman–Crippen MR) is 66.7 cm³/mol. The topological polar surface area (TPSA) is 39.9 Å². The molecule has 1 aliphatic heterocycles. The van der Waals surface area contributed by atoms with Gasteiger partial charge in [0.15, 0.2) is 0 Å². The molecular formula is C14H17N3. The number of rotatable bonds is 1. The van der Waals surface area contributed by atoms with Crippen LogP contribution in [0.4, 0.5) is 5.69 Å². The number of nitrogens with zero attached hydrogens (tertiary/aromatic N) is 3. The first-order valence-corrected chi connectivity index (χ1v) is 6.51. The summed E-state index contributed by atoms with van der Waals surface area (Å²) >= 11 is 0. The van der Waals surface area contributed by atoms with Crippen molar-refractivity contribution in [3.63, 3.8) is 0 Å². The van der Waals surface area contributed by atoms with Crippen molar-refractivity contribution in [2.75, 3.05) is 11.4 Å². The minimum absolute atomic E-state index is 0.508. The molecule has 0 unspecified atom stereocenters. The predicted octanol–water partition coefficient (Wildman–Crippen LogP) is 2.72. The fourth-order valence-electron chi connectivity index (χ4n) is 3.35. The molecule has 1 saturated heterocycles. The number of anilines is 1. The van der Waals surface area contributed by atoms with Crippen molar-refractivity contribution in [1.29, 1.82) is 5.26 Å². The van der Waals surface area contributed by atoms with E-state index in [1.807, 2.05) is 18.3 Å². The second-order valence-corrected chi connectivity index (χ2v) is 5.11. The molecule has 0 spiro atoms. The third-order valence-electron chi connectivity index (χ3n) is 4.20. The van der Waals surface area contributed by atoms with E-state index in [9.17, 15) is 0 Å². The van der Waals surface area contributed by atoms with Crippen LogP contribution in [0.2, 0.25) is 0 Å². The standard InChI is InChI=1S/C14H17N3/c15-9-12-5-6-13(10-16-12)17-8-7-11-3-1-2-4-14(11)17/h5-6,10-11,14H,1-4,7-8H2/t11-,14+/m1/s1. The summed E-state index contributed by atoms with van der Waals surface area (Å²) < 4.78 is 0. The first-order chi connectivity index (χ1) is 8.38. The molecule has 3 nitrogen and oxygen atoms in total. The zero-order valence-electron chi connectivity index (χ0n) is 9.97. The Balaban J connectivity index is 1.81. The fraction of sp³-hybridized carbons (Fsp3) is 0.571. The van der Waals surface area contributed by atoms with E-state index in [1.54, 1.807) is 0 Å². The zero-order valence-corrected chi connectivity index (χ0v) is 9.97. The highest BCUT2D eigenvalue weighted by Gasteiger charge is 2.35. The number of aromatic nitrogens is 1. The Bertz CT molecular complexity index is 432. The molecule has 0 bridgehead atoms. The molecule has 88 valence electrons. The third kappa shape index (κ3) is 1.88. The summed E-state index contributed by atoms with van der Waals surface area (Å²) in [6, 6.07) is 6.66. The van der Waals surface area contributed by atoms with Gasteiger partial charge in [0.2, 0.25) is 0 Å². The molecule has 2 aliphatic rings. The van der Waals surface area contributed by atoms with Crippen molar-refractivity contribution in [2.45, 2.75) is 38.1 Å². The van der Waals surface area contributed by atoms with Crippen LogP contribution in [0.3, 0.4) is 0 Å². The van der Waals surface area contributed by atoms with E-state index in [0.29, 0.717) is 5.69 Å². The van der Waals surface area contributed by atoms with E-state index in [0.717, 1.165) is 18.5 Å². The average Bonchev–Trinajstić information content (AvgIpc) is 2.83. The molecule has 0 radical (unpaired) electrons. The molecule has 0 amide bonds. The number of hydrogen-bond acceptors (Lipinski definition) is 3. The minimum atomic E-state index is 0.508. The molecule has 17 heavy (non-hydrogen) atoms. The minimum Gasteiger partial charge on any atom is -0.367 e. The van der Waals surface area contributed by atoms with Crippen LogP contribution >= 0.6 is 0 Å². The molecule has 2 atom stereocenters. The van der Waals surface area contributed by atoms with E-state index < -0.39 is 0 Å². The molecule has 0 N–H and O–H groups in total. The van der Waals surface area contributed by atoms with Gasteiger partial charge in [-0.05, 0) is 37.3 Å². The van der Waals surface area contributed by atoms with Crippen LogP contribution in [0.15, 0.2) is 18.3 Å². The van der Waals surface area contributed by atoms with Gasteiger partial charge in [-0.1, -0.05) is 12.8 Å². The lowest BCUT2D eigenvalue weighted by Crippen LogP contribution is -2.34. The van der Waals surface area contributed by atoms with Gasteiger partial charge in [-0.15, -0.1) is 0 Å². The molecule has 3 heteroatoms. The highest BCUT2D eigenvalue weighted by atomic mass is 15.2. The van der Waals surface area contributed by atoms with Crippen molar-refractivity contribution >= 4 is 5.69 Å². The van der Waals surface area contributed by atoms with Crippen LogP contribution in [0.25, 0.3) is 0 Å². The Hall–Kier alpha value is -1.56. The van der Waals surface area contributed by atoms with Crippen molar-refractivity contribution in [3.8, 4) is 6.07 Å². The van der Waals surface area contributed by atoms with E-state index in [1.165, 1.54) is 37.8 Å². The van der Waals surface area contributed by atoms with E-state index in [2.05, 4.69) is 16.0 Å². The molecule has 1 aromatic rings. The average molecular weight is 227 g/mol. The van der Waals surface area contributed by atoms with Gasteiger partial charge >= 0.3 is 0 Å². The fourth-order valence-corrected chi connectivity index (χ4v) is 3.35. The van der Waals surface area contributed by atoms with Crippen molar-refractivity contribution in [3.05, 3.63) is 24.0 Å². The van der Waals surface area contributed by atoms with Crippen molar-refractivity contribution in [1.82, 2.24) is 4.98 Å². The Labute approximate surface area is 102 Å².